The van der Waals surface area contributed by atoms with Crippen LogP contribution in [0.2, 0.25) is 0 Å². The number of hydrogen-bond acceptors (Lipinski definition) is 7. The number of nitrogens with one attached hydrogen (secondary N) is 1. The fourth-order valence-electron chi connectivity index (χ4n) is 1.63. The van der Waals surface area contributed by atoms with Gasteiger partial charge in [0.25, 0.3) is 0 Å². The highest BCUT2D eigenvalue weighted by Crippen LogP contribution is 2.42. The topological polar surface area (TPSA) is 131 Å². The number of carbonyl (C=O) groups is 2. The van der Waals surface area contributed by atoms with Crippen LogP contribution in [0.5, 0.6) is 0 Å². The van der Waals surface area contributed by atoms with Gasteiger partial charge in [0.05, 0.1) is 13.2 Å². The first-order valence-electron chi connectivity index (χ1n) is 7.97. The number of aliphatic hydroxyl groups is 1. The molecule has 0 spiro atoms. The van der Waals surface area contributed by atoms with Crippen LogP contribution in [0, 0.1) is 0 Å². The number of phosphoric acid groups is 1. The first kappa shape index (κ1) is 23.0. The lowest BCUT2D eigenvalue weighted by atomic mass is 10.1. The van der Waals surface area contributed by atoms with E-state index in [1.807, 2.05) is 0 Å². The summed E-state index contributed by atoms with van der Waals surface area (Å²) in [4.78, 5) is 31.4. The first-order valence-corrected chi connectivity index (χ1v) is 9.46. The van der Waals surface area contributed by atoms with Gasteiger partial charge < -0.3 is 20.1 Å². The largest absolute Gasteiger partial charge is 0.472 e. The maximum absolute atomic E-state index is 11.5. The van der Waals surface area contributed by atoms with Crippen LogP contribution in [0.25, 0.3) is 0 Å². The van der Waals surface area contributed by atoms with Crippen LogP contribution >= 0.6 is 7.82 Å². The minimum absolute atomic E-state index is 0.0799. The summed E-state index contributed by atoms with van der Waals surface area (Å²) in [5.41, 5.74) is 0. The molecule has 9 nitrogen and oxygen atoms in total. The van der Waals surface area contributed by atoms with Crippen molar-refractivity contribution in [3.05, 3.63) is 0 Å². The predicted molar refractivity (Wildman–Crippen MR) is 86.1 cm³/mol. The summed E-state index contributed by atoms with van der Waals surface area (Å²) in [7, 11) is -4.34. The number of hydrogen-bond donors (Lipinski definition) is 3. The number of esters is 1. The second-order valence-corrected chi connectivity index (χ2v) is 6.67. The molecule has 1 amide bonds. The van der Waals surface area contributed by atoms with Crippen molar-refractivity contribution in [2.45, 2.75) is 52.1 Å². The Balaban J connectivity index is 3.74. The monoisotopic (exact) mass is 369 g/mol. The van der Waals surface area contributed by atoms with Crippen molar-refractivity contribution in [1.29, 1.82) is 0 Å². The molecule has 0 aliphatic carbocycles. The summed E-state index contributed by atoms with van der Waals surface area (Å²) in [5, 5.41) is 12.0. The Labute approximate surface area is 142 Å². The van der Waals surface area contributed by atoms with Gasteiger partial charge in [0.1, 0.15) is 12.7 Å². The number of ether oxygens (including phenoxy) is 1. The lowest BCUT2D eigenvalue weighted by Crippen LogP contribution is -2.27. The molecule has 0 bridgehead atoms. The molecular formula is C14H28NO8P. The number of aliphatic hydroxyl groups excluding tert-OH is 1. The maximum Gasteiger partial charge on any atom is 0.472 e. The lowest BCUT2D eigenvalue weighted by molar-refractivity contribution is -0.144. The highest BCUT2D eigenvalue weighted by atomic mass is 31.2. The smallest absolute Gasteiger partial charge is 0.463 e. The van der Waals surface area contributed by atoms with E-state index in [1.165, 1.54) is 6.92 Å². The van der Waals surface area contributed by atoms with E-state index in [1.54, 1.807) is 0 Å². The number of carbonyl (C=O) groups excluding carboxylic acids is 2. The van der Waals surface area contributed by atoms with E-state index in [9.17, 15) is 24.2 Å². The molecule has 2 atom stereocenters. The number of amides is 1. The Morgan fingerprint density at radius 3 is 2.50 bits per heavy atom. The highest BCUT2D eigenvalue weighted by Gasteiger charge is 2.23. The summed E-state index contributed by atoms with van der Waals surface area (Å²) in [6.07, 6.45) is 3.16. The summed E-state index contributed by atoms with van der Waals surface area (Å²) in [6, 6.07) is 0. The zero-order chi connectivity index (χ0) is 18.4. The number of rotatable bonds is 14. The van der Waals surface area contributed by atoms with Crippen molar-refractivity contribution in [1.82, 2.24) is 5.32 Å². The van der Waals surface area contributed by atoms with E-state index in [0.29, 0.717) is 6.42 Å². The van der Waals surface area contributed by atoms with Gasteiger partial charge in [-0.3, -0.25) is 18.6 Å². The molecular weight excluding hydrogens is 341 g/mol. The van der Waals surface area contributed by atoms with Gasteiger partial charge in [-0.05, 0) is 6.42 Å². The molecule has 24 heavy (non-hydrogen) atoms. The van der Waals surface area contributed by atoms with Gasteiger partial charge in [-0.15, -0.1) is 0 Å². The van der Waals surface area contributed by atoms with E-state index in [4.69, 9.17) is 0 Å². The van der Waals surface area contributed by atoms with Crippen LogP contribution in [-0.4, -0.2) is 54.3 Å². The molecule has 0 aromatic rings. The van der Waals surface area contributed by atoms with Crippen molar-refractivity contribution in [3.63, 3.8) is 0 Å². The quantitative estimate of drug-likeness (QED) is 0.236. The molecule has 0 heterocycles. The van der Waals surface area contributed by atoms with Gasteiger partial charge in [0.2, 0.25) is 5.91 Å². The predicted octanol–water partition coefficient (Wildman–Crippen LogP) is 1.13. The van der Waals surface area contributed by atoms with Crippen LogP contribution in [0.3, 0.4) is 0 Å². The lowest BCUT2D eigenvalue weighted by Gasteiger charge is -2.15. The maximum atomic E-state index is 11.5. The van der Waals surface area contributed by atoms with Gasteiger partial charge in [0.15, 0.2) is 0 Å². The Bertz CT molecular complexity index is 418. The van der Waals surface area contributed by atoms with Crippen molar-refractivity contribution in [2.75, 3.05) is 26.4 Å². The van der Waals surface area contributed by atoms with E-state index in [0.717, 1.165) is 25.7 Å². The van der Waals surface area contributed by atoms with E-state index >= 15 is 0 Å². The van der Waals surface area contributed by atoms with Crippen LogP contribution < -0.4 is 5.32 Å². The van der Waals surface area contributed by atoms with Gasteiger partial charge in [-0.1, -0.05) is 26.2 Å². The third-order valence-corrected chi connectivity index (χ3v) is 3.83. The third kappa shape index (κ3) is 14.6. The first-order chi connectivity index (χ1) is 11.3. The minimum atomic E-state index is -4.34. The van der Waals surface area contributed by atoms with Crippen LogP contribution in [0.1, 0.15) is 46.0 Å². The fraction of sp³-hybridized carbons (Fsp3) is 0.857. The van der Waals surface area contributed by atoms with E-state index in [2.05, 4.69) is 26.0 Å². The molecule has 0 rings (SSSR count). The Morgan fingerprint density at radius 1 is 1.17 bits per heavy atom. The van der Waals surface area contributed by atoms with Crippen LogP contribution in [-0.2, 0) is 27.9 Å². The molecule has 0 saturated carbocycles. The molecule has 10 heteroatoms. The Kier molecular flexibility index (Phi) is 12.8. The van der Waals surface area contributed by atoms with Crippen molar-refractivity contribution in [3.8, 4) is 0 Å². The number of phosphoric ester groups is 1. The summed E-state index contributed by atoms with van der Waals surface area (Å²) < 4.78 is 25.2. The molecule has 142 valence electrons. The van der Waals surface area contributed by atoms with Crippen molar-refractivity contribution < 1.29 is 37.9 Å². The zero-order valence-corrected chi connectivity index (χ0v) is 15.1. The zero-order valence-electron chi connectivity index (χ0n) is 14.2. The standard InChI is InChI=1S/C14H28NO8P/c1-3-4-5-6-7-14(18)15-8-9-22-24(19,20)23-11-13(17)10-21-12(2)16/h13,17H,3-11H2,1-2H3,(H,15,18)(H,19,20). The van der Waals surface area contributed by atoms with Crippen molar-refractivity contribution >= 4 is 19.7 Å². The normalized spacial score (nSPS) is 14.7. The molecule has 3 N–H and O–H groups in total. The minimum Gasteiger partial charge on any atom is -0.463 e. The van der Waals surface area contributed by atoms with Crippen LogP contribution in [0.4, 0.5) is 0 Å². The molecule has 0 saturated heterocycles. The molecule has 0 aliphatic heterocycles. The second kappa shape index (κ2) is 13.3. The molecule has 2 unspecified atom stereocenters. The average molecular weight is 369 g/mol. The SMILES string of the molecule is CCCCCCC(=O)NCCOP(=O)(O)OCC(O)COC(C)=O. The van der Waals surface area contributed by atoms with E-state index in [-0.39, 0.29) is 25.7 Å². The molecule has 0 aliphatic rings. The van der Waals surface area contributed by atoms with Crippen molar-refractivity contribution in [2.24, 2.45) is 0 Å². The number of unbranched alkanes of at least 4 members (excludes halogenated alkanes) is 3. The van der Waals surface area contributed by atoms with Gasteiger partial charge in [-0.25, -0.2) is 4.57 Å². The summed E-state index contributed by atoms with van der Waals surface area (Å²) >= 11 is 0. The van der Waals surface area contributed by atoms with E-state index < -0.39 is 26.5 Å². The Morgan fingerprint density at radius 2 is 1.88 bits per heavy atom. The summed E-state index contributed by atoms with van der Waals surface area (Å²) in [5.74, 6) is -0.719. The fourth-order valence-corrected chi connectivity index (χ4v) is 2.39. The van der Waals surface area contributed by atoms with Gasteiger partial charge in [0, 0.05) is 19.9 Å². The molecule has 0 aromatic carbocycles. The molecule has 0 radical (unpaired) electrons. The molecule has 0 aromatic heterocycles. The third-order valence-electron chi connectivity index (χ3n) is 2.85. The summed E-state index contributed by atoms with van der Waals surface area (Å²) in [6.45, 7) is 2.27. The second-order valence-electron chi connectivity index (χ2n) is 5.21. The Hall–Kier alpha value is -0.990. The highest BCUT2D eigenvalue weighted by molar-refractivity contribution is 7.47. The average Bonchev–Trinajstić information content (AvgIpc) is 2.52. The van der Waals surface area contributed by atoms with Gasteiger partial charge in [-0.2, -0.15) is 0 Å². The molecule has 0 fully saturated rings. The van der Waals surface area contributed by atoms with Crippen LogP contribution in [0.15, 0.2) is 0 Å². The van der Waals surface area contributed by atoms with Gasteiger partial charge >= 0.3 is 13.8 Å².